The van der Waals surface area contributed by atoms with Crippen LogP contribution in [0.2, 0.25) is 0 Å². The molecule has 1 fully saturated rings. The molecule has 1 saturated heterocycles. The predicted octanol–water partition coefficient (Wildman–Crippen LogP) is 3.42. The first-order valence-electron chi connectivity index (χ1n) is 11.0. The number of hydrogen-bond acceptors (Lipinski definition) is 5. The lowest BCUT2D eigenvalue weighted by atomic mass is 10.0. The average Bonchev–Trinajstić information content (AvgIpc) is 2.80. The van der Waals surface area contributed by atoms with E-state index < -0.39 is 12.2 Å². The van der Waals surface area contributed by atoms with Crippen LogP contribution in [-0.4, -0.2) is 65.1 Å². The molecule has 2 aromatic rings. The fourth-order valence-corrected chi connectivity index (χ4v) is 3.63. The number of hydrogen-bond donors (Lipinski definition) is 1. The number of carbonyl (C=O) groups excluding carboxylic acids is 2. The zero-order valence-corrected chi connectivity index (χ0v) is 19.2. The predicted molar refractivity (Wildman–Crippen MR) is 122 cm³/mol. The van der Waals surface area contributed by atoms with E-state index in [1.54, 1.807) is 35.8 Å². The molecule has 0 radical (unpaired) electrons. The summed E-state index contributed by atoms with van der Waals surface area (Å²) in [5.74, 6) is 1.56. The Morgan fingerprint density at radius 3 is 1.47 bits per heavy atom. The molecule has 1 aliphatic heterocycles. The standard InChI is InChI=1S/C25H32N2O5/c1-17(2)20-5-9-22(10-6-20)31-18(3)24(29)26-13-15-27(16-14-26)25(30)19(4)32-23-11-7-21(28)8-12-23/h5-12,17-19,28H,13-16H2,1-4H3. The van der Waals surface area contributed by atoms with Crippen LogP contribution in [0.15, 0.2) is 48.5 Å². The Labute approximate surface area is 189 Å². The zero-order chi connectivity index (χ0) is 23.3. The van der Waals surface area contributed by atoms with E-state index in [1.165, 1.54) is 17.7 Å². The third kappa shape index (κ3) is 5.93. The second-order valence-corrected chi connectivity index (χ2v) is 8.39. The van der Waals surface area contributed by atoms with Gasteiger partial charge in [-0.1, -0.05) is 26.0 Å². The minimum atomic E-state index is -0.655. The van der Waals surface area contributed by atoms with Crippen LogP contribution in [0.5, 0.6) is 17.2 Å². The second-order valence-electron chi connectivity index (χ2n) is 8.39. The maximum Gasteiger partial charge on any atom is 0.263 e. The molecule has 3 rings (SSSR count). The third-order valence-electron chi connectivity index (χ3n) is 5.61. The number of nitrogens with zero attached hydrogens (tertiary/aromatic N) is 2. The molecule has 32 heavy (non-hydrogen) atoms. The monoisotopic (exact) mass is 440 g/mol. The van der Waals surface area contributed by atoms with Crippen LogP contribution < -0.4 is 9.47 Å². The third-order valence-corrected chi connectivity index (χ3v) is 5.61. The first-order valence-corrected chi connectivity index (χ1v) is 11.0. The van der Waals surface area contributed by atoms with E-state index in [0.29, 0.717) is 43.6 Å². The van der Waals surface area contributed by atoms with Gasteiger partial charge in [0.05, 0.1) is 0 Å². The fourth-order valence-electron chi connectivity index (χ4n) is 3.63. The van der Waals surface area contributed by atoms with Crippen molar-refractivity contribution in [1.82, 2.24) is 9.80 Å². The molecule has 1 heterocycles. The topological polar surface area (TPSA) is 79.3 Å². The second kappa shape index (κ2) is 10.4. The summed E-state index contributed by atoms with van der Waals surface area (Å²) >= 11 is 0. The molecular weight excluding hydrogens is 408 g/mol. The summed E-state index contributed by atoms with van der Waals surface area (Å²) in [6.07, 6.45) is -1.25. The molecule has 7 nitrogen and oxygen atoms in total. The van der Waals surface area contributed by atoms with Gasteiger partial charge >= 0.3 is 0 Å². The number of carbonyl (C=O) groups is 2. The quantitative estimate of drug-likeness (QED) is 0.714. The molecule has 0 bridgehead atoms. The molecule has 172 valence electrons. The molecule has 2 atom stereocenters. The molecule has 0 aliphatic carbocycles. The molecule has 1 aliphatic rings. The van der Waals surface area contributed by atoms with Crippen molar-refractivity contribution in [3.63, 3.8) is 0 Å². The van der Waals surface area contributed by atoms with Crippen LogP contribution >= 0.6 is 0 Å². The maximum atomic E-state index is 12.8. The normalized spacial score (nSPS) is 15.9. The number of phenolic OH excluding ortho intramolecular Hbond substituents is 1. The highest BCUT2D eigenvalue weighted by atomic mass is 16.5. The van der Waals surface area contributed by atoms with E-state index in [9.17, 15) is 14.7 Å². The van der Waals surface area contributed by atoms with Gasteiger partial charge < -0.3 is 24.4 Å². The molecule has 7 heteroatoms. The van der Waals surface area contributed by atoms with E-state index in [2.05, 4.69) is 13.8 Å². The smallest absolute Gasteiger partial charge is 0.263 e. The first kappa shape index (κ1) is 23.4. The Bertz CT molecular complexity index is 903. The van der Waals surface area contributed by atoms with Crippen molar-refractivity contribution in [2.24, 2.45) is 0 Å². The van der Waals surface area contributed by atoms with Crippen molar-refractivity contribution in [2.75, 3.05) is 26.2 Å². The number of rotatable bonds is 7. The Hall–Kier alpha value is -3.22. The molecule has 2 aromatic carbocycles. The molecular formula is C25H32N2O5. The fraction of sp³-hybridized carbons (Fsp3) is 0.440. The number of benzene rings is 2. The van der Waals surface area contributed by atoms with Crippen LogP contribution in [0, 0.1) is 0 Å². The van der Waals surface area contributed by atoms with E-state index >= 15 is 0 Å². The van der Waals surface area contributed by atoms with Gasteiger partial charge in [0.15, 0.2) is 12.2 Å². The molecule has 1 N–H and O–H groups in total. The van der Waals surface area contributed by atoms with Gasteiger partial charge in [0, 0.05) is 26.2 Å². The summed E-state index contributed by atoms with van der Waals surface area (Å²) in [6.45, 7) is 9.52. The lowest BCUT2D eigenvalue weighted by Gasteiger charge is -2.36. The highest BCUT2D eigenvalue weighted by Gasteiger charge is 2.30. The molecule has 0 spiro atoms. The average molecular weight is 441 g/mol. The van der Waals surface area contributed by atoms with E-state index in [-0.39, 0.29) is 17.6 Å². The zero-order valence-electron chi connectivity index (χ0n) is 19.2. The van der Waals surface area contributed by atoms with Gasteiger partial charge in [0.2, 0.25) is 0 Å². The van der Waals surface area contributed by atoms with Gasteiger partial charge in [0.1, 0.15) is 17.2 Å². The maximum absolute atomic E-state index is 12.8. The lowest BCUT2D eigenvalue weighted by molar-refractivity contribution is -0.146. The van der Waals surface area contributed by atoms with E-state index in [1.807, 2.05) is 24.3 Å². The van der Waals surface area contributed by atoms with E-state index in [4.69, 9.17) is 9.47 Å². The van der Waals surface area contributed by atoms with Crippen molar-refractivity contribution >= 4 is 11.8 Å². The minimum absolute atomic E-state index is 0.0848. The summed E-state index contributed by atoms with van der Waals surface area (Å²) in [7, 11) is 0. The van der Waals surface area contributed by atoms with Gasteiger partial charge in [0.25, 0.3) is 11.8 Å². The van der Waals surface area contributed by atoms with Crippen molar-refractivity contribution in [1.29, 1.82) is 0 Å². The van der Waals surface area contributed by atoms with Gasteiger partial charge in [-0.3, -0.25) is 9.59 Å². The van der Waals surface area contributed by atoms with Crippen LogP contribution in [0.4, 0.5) is 0 Å². The largest absolute Gasteiger partial charge is 0.508 e. The summed E-state index contributed by atoms with van der Waals surface area (Å²) in [6, 6.07) is 14.1. The van der Waals surface area contributed by atoms with Crippen molar-refractivity contribution in [2.45, 2.75) is 45.8 Å². The van der Waals surface area contributed by atoms with Crippen molar-refractivity contribution < 1.29 is 24.2 Å². The Morgan fingerprint density at radius 1 is 0.719 bits per heavy atom. The Balaban J connectivity index is 1.47. The number of amides is 2. The molecule has 0 aromatic heterocycles. The van der Waals surface area contributed by atoms with Crippen molar-refractivity contribution in [3.05, 3.63) is 54.1 Å². The SMILES string of the molecule is CC(Oc1ccc(O)cc1)C(=O)N1CCN(C(=O)C(C)Oc2ccc(C(C)C)cc2)CC1. The number of aromatic hydroxyl groups is 1. The highest BCUT2D eigenvalue weighted by Crippen LogP contribution is 2.21. The van der Waals surface area contributed by atoms with Crippen LogP contribution in [0.3, 0.4) is 0 Å². The summed E-state index contributed by atoms with van der Waals surface area (Å²) in [4.78, 5) is 29.0. The number of piperazine rings is 1. The summed E-state index contributed by atoms with van der Waals surface area (Å²) in [5, 5.41) is 9.35. The van der Waals surface area contributed by atoms with Crippen LogP contribution in [-0.2, 0) is 9.59 Å². The Morgan fingerprint density at radius 2 is 1.09 bits per heavy atom. The van der Waals surface area contributed by atoms with Crippen LogP contribution in [0.25, 0.3) is 0 Å². The van der Waals surface area contributed by atoms with Crippen molar-refractivity contribution in [3.8, 4) is 17.2 Å². The van der Waals surface area contributed by atoms with Gasteiger partial charge in [-0.05, 0) is 61.7 Å². The van der Waals surface area contributed by atoms with Gasteiger partial charge in [-0.25, -0.2) is 0 Å². The Kier molecular flexibility index (Phi) is 7.62. The minimum Gasteiger partial charge on any atom is -0.508 e. The number of phenols is 1. The molecule has 0 saturated carbocycles. The molecule has 2 unspecified atom stereocenters. The van der Waals surface area contributed by atoms with Crippen LogP contribution in [0.1, 0.15) is 39.2 Å². The lowest BCUT2D eigenvalue weighted by Crippen LogP contribution is -2.55. The summed E-state index contributed by atoms with van der Waals surface area (Å²) in [5.41, 5.74) is 1.22. The van der Waals surface area contributed by atoms with E-state index in [0.717, 1.165) is 0 Å². The molecule has 2 amide bonds. The first-order chi connectivity index (χ1) is 15.2. The summed E-state index contributed by atoms with van der Waals surface area (Å²) < 4.78 is 11.5. The number of ether oxygens (including phenoxy) is 2. The van der Waals surface area contributed by atoms with Gasteiger partial charge in [-0.2, -0.15) is 0 Å². The van der Waals surface area contributed by atoms with Gasteiger partial charge in [-0.15, -0.1) is 0 Å². The highest BCUT2D eigenvalue weighted by molar-refractivity contribution is 5.83.